The smallest absolute Gasteiger partial charge is 0.157 e. The first kappa shape index (κ1) is 12.9. The van der Waals surface area contributed by atoms with E-state index < -0.39 is 0 Å². The number of hydrogen-bond acceptors (Lipinski definition) is 2. The van der Waals surface area contributed by atoms with Crippen molar-refractivity contribution in [2.24, 2.45) is 5.41 Å². The third-order valence-electron chi connectivity index (χ3n) is 3.36. The number of nitrogens with one attached hydrogen (secondary N) is 1. The molecule has 96 valence electrons. The van der Waals surface area contributed by atoms with Gasteiger partial charge in [0.2, 0.25) is 0 Å². The van der Waals surface area contributed by atoms with Crippen LogP contribution < -0.4 is 5.32 Å². The lowest BCUT2D eigenvalue weighted by Crippen LogP contribution is -2.29. The molecule has 1 aliphatic carbocycles. The zero-order chi connectivity index (χ0) is 13.2. The molecular weight excluding hydrogens is 222 g/mol. The maximum Gasteiger partial charge on any atom is 0.157 e. The van der Waals surface area contributed by atoms with E-state index in [4.69, 9.17) is 0 Å². The molecule has 1 aliphatic rings. The minimum atomic E-state index is 0.0740. The van der Waals surface area contributed by atoms with E-state index in [-0.39, 0.29) is 17.2 Å². The number of carbonyl (C=O) groups is 1. The van der Waals surface area contributed by atoms with Crippen molar-refractivity contribution in [3.05, 3.63) is 47.7 Å². The van der Waals surface area contributed by atoms with E-state index in [9.17, 15) is 4.79 Å². The molecule has 18 heavy (non-hydrogen) atoms. The normalized spacial score (nSPS) is 20.2. The summed E-state index contributed by atoms with van der Waals surface area (Å²) in [4.78, 5) is 11.7. The van der Waals surface area contributed by atoms with Crippen molar-refractivity contribution in [1.82, 2.24) is 5.32 Å². The van der Waals surface area contributed by atoms with Crippen molar-refractivity contribution < 1.29 is 4.79 Å². The molecule has 0 heterocycles. The molecule has 0 radical (unpaired) electrons. The summed E-state index contributed by atoms with van der Waals surface area (Å²) >= 11 is 0. The summed E-state index contributed by atoms with van der Waals surface area (Å²) < 4.78 is 0. The Morgan fingerprint density at radius 3 is 2.44 bits per heavy atom. The van der Waals surface area contributed by atoms with Gasteiger partial charge in [-0.25, -0.2) is 0 Å². The minimum Gasteiger partial charge on any atom is -0.382 e. The molecule has 0 unspecified atom stereocenters. The SMILES string of the molecule is C[C@@H](NC1=CC(=O)CC(C)(C)C1)c1ccccc1. The van der Waals surface area contributed by atoms with Crippen LogP contribution in [0, 0.1) is 5.41 Å². The lowest BCUT2D eigenvalue weighted by atomic mass is 9.79. The Balaban J connectivity index is 2.08. The summed E-state index contributed by atoms with van der Waals surface area (Å²) in [7, 11) is 0. The third-order valence-corrected chi connectivity index (χ3v) is 3.36. The number of carbonyl (C=O) groups excluding carboxylic acids is 1. The summed E-state index contributed by atoms with van der Waals surface area (Å²) in [5, 5.41) is 3.46. The van der Waals surface area contributed by atoms with Gasteiger partial charge in [0.15, 0.2) is 5.78 Å². The topological polar surface area (TPSA) is 29.1 Å². The van der Waals surface area contributed by atoms with Crippen LogP contribution in [0.4, 0.5) is 0 Å². The van der Waals surface area contributed by atoms with Crippen LogP contribution >= 0.6 is 0 Å². The fourth-order valence-electron chi connectivity index (χ4n) is 2.54. The Morgan fingerprint density at radius 2 is 1.83 bits per heavy atom. The Bertz CT molecular complexity index is 459. The van der Waals surface area contributed by atoms with Crippen LogP contribution in [0.25, 0.3) is 0 Å². The Morgan fingerprint density at radius 1 is 1.17 bits per heavy atom. The Kier molecular flexibility index (Phi) is 3.55. The molecule has 1 atom stereocenters. The first-order valence-corrected chi connectivity index (χ1v) is 6.51. The summed E-state index contributed by atoms with van der Waals surface area (Å²) in [5.41, 5.74) is 2.38. The molecule has 1 aromatic carbocycles. The van der Waals surface area contributed by atoms with Gasteiger partial charge in [0.1, 0.15) is 0 Å². The van der Waals surface area contributed by atoms with E-state index in [1.165, 1.54) is 5.56 Å². The molecule has 2 nitrogen and oxygen atoms in total. The standard InChI is InChI=1S/C16H21NO/c1-12(13-7-5-4-6-8-13)17-14-9-15(18)11-16(2,3)10-14/h4-9,12,17H,10-11H2,1-3H3/t12-/m1/s1. The zero-order valence-corrected chi connectivity index (χ0v) is 11.4. The second kappa shape index (κ2) is 4.97. The van der Waals surface area contributed by atoms with Crippen LogP contribution in [0.3, 0.4) is 0 Å². The average molecular weight is 243 g/mol. The zero-order valence-electron chi connectivity index (χ0n) is 11.4. The minimum absolute atomic E-state index is 0.0740. The second-order valence-electron chi connectivity index (χ2n) is 5.93. The van der Waals surface area contributed by atoms with Gasteiger partial charge in [-0.05, 0) is 24.3 Å². The van der Waals surface area contributed by atoms with Gasteiger partial charge in [0, 0.05) is 24.2 Å². The van der Waals surface area contributed by atoms with E-state index in [1.54, 1.807) is 6.08 Å². The van der Waals surface area contributed by atoms with Gasteiger partial charge in [0.25, 0.3) is 0 Å². The number of allylic oxidation sites excluding steroid dienone is 2. The van der Waals surface area contributed by atoms with Crippen LogP contribution in [0.5, 0.6) is 0 Å². The average Bonchev–Trinajstić information content (AvgIpc) is 2.27. The van der Waals surface area contributed by atoms with Gasteiger partial charge in [-0.3, -0.25) is 4.79 Å². The molecule has 0 spiro atoms. The van der Waals surface area contributed by atoms with Gasteiger partial charge in [0.05, 0.1) is 0 Å². The van der Waals surface area contributed by atoms with E-state index in [0.29, 0.717) is 6.42 Å². The van der Waals surface area contributed by atoms with Crippen LogP contribution in [0.15, 0.2) is 42.1 Å². The first-order valence-electron chi connectivity index (χ1n) is 6.51. The molecule has 0 aromatic heterocycles. The lowest BCUT2D eigenvalue weighted by Gasteiger charge is -2.31. The van der Waals surface area contributed by atoms with Crippen molar-refractivity contribution in [2.45, 2.75) is 39.7 Å². The predicted molar refractivity (Wildman–Crippen MR) is 74.1 cm³/mol. The van der Waals surface area contributed by atoms with Crippen molar-refractivity contribution in [3.8, 4) is 0 Å². The van der Waals surface area contributed by atoms with Crippen molar-refractivity contribution in [2.75, 3.05) is 0 Å². The predicted octanol–water partition coefficient (Wildman–Crippen LogP) is 3.61. The number of hydrogen-bond donors (Lipinski definition) is 1. The fraction of sp³-hybridized carbons (Fsp3) is 0.438. The van der Waals surface area contributed by atoms with Crippen molar-refractivity contribution in [1.29, 1.82) is 0 Å². The third kappa shape index (κ3) is 3.22. The van der Waals surface area contributed by atoms with Gasteiger partial charge < -0.3 is 5.32 Å². The molecule has 0 saturated carbocycles. The van der Waals surface area contributed by atoms with E-state index in [2.05, 4.69) is 38.2 Å². The van der Waals surface area contributed by atoms with E-state index in [0.717, 1.165) is 12.1 Å². The highest BCUT2D eigenvalue weighted by Crippen LogP contribution is 2.33. The van der Waals surface area contributed by atoms with E-state index >= 15 is 0 Å². The summed E-state index contributed by atoms with van der Waals surface area (Å²) in [5.74, 6) is 0.231. The van der Waals surface area contributed by atoms with Gasteiger partial charge >= 0.3 is 0 Å². The van der Waals surface area contributed by atoms with Crippen LogP contribution in [-0.2, 0) is 4.79 Å². The lowest BCUT2D eigenvalue weighted by molar-refractivity contribution is -0.117. The monoisotopic (exact) mass is 243 g/mol. The Hall–Kier alpha value is -1.57. The van der Waals surface area contributed by atoms with Crippen molar-refractivity contribution in [3.63, 3.8) is 0 Å². The quantitative estimate of drug-likeness (QED) is 0.878. The first-order chi connectivity index (χ1) is 8.46. The highest BCUT2D eigenvalue weighted by molar-refractivity contribution is 5.91. The molecule has 0 amide bonds. The number of benzene rings is 1. The number of ketones is 1. The van der Waals surface area contributed by atoms with Crippen molar-refractivity contribution >= 4 is 5.78 Å². The summed E-state index contributed by atoms with van der Waals surface area (Å²) in [6, 6.07) is 10.5. The maximum atomic E-state index is 11.7. The highest BCUT2D eigenvalue weighted by Gasteiger charge is 2.27. The fourth-order valence-corrected chi connectivity index (χ4v) is 2.54. The highest BCUT2D eigenvalue weighted by atomic mass is 16.1. The molecular formula is C16H21NO. The summed E-state index contributed by atoms with van der Waals surface area (Å²) in [6.45, 7) is 6.42. The summed E-state index contributed by atoms with van der Waals surface area (Å²) in [6.07, 6.45) is 3.36. The molecule has 0 aliphatic heterocycles. The van der Waals surface area contributed by atoms with Gasteiger partial charge in [-0.15, -0.1) is 0 Å². The molecule has 0 saturated heterocycles. The molecule has 2 rings (SSSR count). The van der Waals surface area contributed by atoms with Gasteiger partial charge in [-0.1, -0.05) is 44.2 Å². The van der Waals surface area contributed by atoms with Gasteiger partial charge in [-0.2, -0.15) is 0 Å². The molecule has 2 heteroatoms. The molecule has 1 N–H and O–H groups in total. The number of rotatable bonds is 3. The van der Waals surface area contributed by atoms with E-state index in [1.807, 2.05) is 18.2 Å². The maximum absolute atomic E-state index is 11.7. The Labute approximate surface area is 109 Å². The molecule has 0 fully saturated rings. The van der Waals surface area contributed by atoms with Crippen LogP contribution in [0.1, 0.15) is 45.2 Å². The van der Waals surface area contributed by atoms with Crippen LogP contribution in [-0.4, -0.2) is 5.78 Å². The molecule has 0 bridgehead atoms. The second-order valence-corrected chi connectivity index (χ2v) is 5.93. The molecule has 1 aromatic rings. The largest absolute Gasteiger partial charge is 0.382 e. The van der Waals surface area contributed by atoms with Crippen LogP contribution in [0.2, 0.25) is 0 Å².